The van der Waals surface area contributed by atoms with Crippen LogP contribution in [0.5, 0.6) is 5.75 Å². The van der Waals surface area contributed by atoms with Gasteiger partial charge in [-0.25, -0.2) is 0 Å². The lowest BCUT2D eigenvalue weighted by molar-refractivity contribution is -0.134. The highest BCUT2D eigenvalue weighted by atomic mass is 35.5. The van der Waals surface area contributed by atoms with Crippen molar-refractivity contribution < 1.29 is 14.3 Å². The highest BCUT2D eigenvalue weighted by Crippen LogP contribution is 2.41. The summed E-state index contributed by atoms with van der Waals surface area (Å²) in [5, 5.41) is 3.10. The van der Waals surface area contributed by atoms with E-state index in [2.05, 4.69) is 6.07 Å². The van der Waals surface area contributed by atoms with Gasteiger partial charge in [-0.1, -0.05) is 35.3 Å². The number of halogens is 2. The maximum absolute atomic E-state index is 13.7. The first-order chi connectivity index (χ1) is 16.3. The van der Waals surface area contributed by atoms with Crippen molar-refractivity contribution >= 4 is 46.4 Å². The SMILES string of the molecule is COc1cccc(C(=O)N(CC(=O)N2CCc3sccc3C2c2ccc(Cl)cc2Cl)C(C)C)c1. The number of carbonyl (C=O) groups is 2. The number of rotatable bonds is 6. The first kappa shape index (κ1) is 24.6. The van der Waals surface area contributed by atoms with Gasteiger partial charge in [0.15, 0.2) is 0 Å². The van der Waals surface area contributed by atoms with E-state index < -0.39 is 0 Å². The molecule has 34 heavy (non-hydrogen) atoms. The summed E-state index contributed by atoms with van der Waals surface area (Å²) in [7, 11) is 1.56. The molecule has 0 bridgehead atoms. The topological polar surface area (TPSA) is 49.9 Å². The van der Waals surface area contributed by atoms with Gasteiger partial charge in [0.2, 0.25) is 5.91 Å². The molecule has 2 amide bonds. The number of amides is 2. The van der Waals surface area contributed by atoms with Crippen LogP contribution in [0.25, 0.3) is 0 Å². The first-order valence-electron chi connectivity index (χ1n) is 11.1. The molecule has 4 rings (SSSR count). The van der Waals surface area contributed by atoms with Crippen molar-refractivity contribution in [2.75, 3.05) is 20.2 Å². The van der Waals surface area contributed by atoms with Crippen LogP contribution in [-0.2, 0) is 11.2 Å². The summed E-state index contributed by atoms with van der Waals surface area (Å²) < 4.78 is 5.26. The molecule has 0 saturated carbocycles. The summed E-state index contributed by atoms with van der Waals surface area (Å²) in [5.41, 5.74) is 2.38. The lowest BCUT2D eigenvalue weighted by Crippen LogP contribution is -2.48. The van der Waals surface area contributed by atoms with Crippen LogP contribution in [0.4, 0.5) is 0 Å². The number of methoxy groups -OCH3 is 1. The highest BCUT2D eigenvalue weighted by molar-refractivity contribution is 7.10. The number of ether oxygens (including phenoxy) is 1. The van der Waals surface area contributed by atoms with Gasteiger partial charge in [0.1, 0.15) is 12.3 Å². The molecule has 0 saturated heterocycles. The number of nitrogens with zero attached hydrogens (tertiary/aromatic N) is 2. The number of hydrogen-bond acceptors (Lipinski definition) is 4. The summed E-state index contributed by atoms with van der Waals surface area (Å²) in [6, 6.07) is 13.9. The van der Waals surface area contributed by atoms with E-state index in [-0.39, 0.29) is 30.4 Å². The molecule has 5 nitrogen and oxygen atoms in total. The van der Waals surface area contributed by atoms with Gasteiger partial charge >= 0.3 is 0 Å². The van der Waals surface area contributed by atoms with E-state index in [0.29, 0.717) is 27.9 Å². The second-order valence-electron chi connectivity index (χ2n) is 8.46. The summed E-state index contributed by atoms with van der Waals surface area (Å²) in [4.78, 5) is 31.7. The van der Waals surface area contributed by atoms with Gasteiger partial charge in [-0.3, -0.25) is 9.59 Å². The molecule has 0 N–H and O–H groups in total. The monoisotopic (exact) mass is 516 g/mol. The Bertz CT molecular complexity index is 1210. The van der Waals surface area contributed by atoms with Crippen molar-refractivity contribution in [2.24, 2.45) is 0 Å². The van der Waals surface area contributed by atoms with Crippen LogP contribution in [0.2, 0.25) is 10.0 Å². The van der Waals surface area contributed by atoms with Gasteiger partial charge < -0.3 is 14.5 Å². The minimum Gasteiger partial charge on any atom is -0.497 e. The number of carbonyl (C=O) groups excluding carboxylic acids is 2. The van der Waals surface area contributed by atoms with Gasteiger partial charge in [0.25, 0.3) is 5.91 Å². The van der Waals surface area contributed by atoms with Gasteiger partial charge in [0.05, 0.1) is 13.2 Å². The van der Waals surface area contributed by atoms with E-state index in [1.165, 1.54) is 4.88 Å². The normalized spacial score (nSPS) is 15.2. The van der Waals surface area contributed by atoms with Crippen LogP contribution >= 0.6 is 34.5 Å². The Morgan fingerprint density at radius 2 is 1.94 bits per heavy atom. The first-order valence-corrected chi connectivity index (χ1v) is 12.7. The Hall–Kier alpha value is -2.54. The van der Waals surface area contributed by atoms with Crippen molar-refractivity contribution in [1.29, 1.82) is 0 Å². The van der Waals surface area contributed by atoms with Gasteiger partial charge in [-0.05, 0) is 73.2 Å². The number of benzene rings is 2. The Kier molecular flexibility index (Phi) is 7.51. The molecule has 2 aromatic carbocycles. The van der Waals surface area contributed by atoms with Crippen LogP contribution in [0.3, 0.4) is 0 Å². The molecule has 1 unspecified atom stereocenters. The quantitative estimate of drug-likeness (QED) is 0.398. The fraction of sp³-hybridized carbons (Fsp3) is 0.308. The molecule has 0 aliphatic carbocycles. The van der Waals surface area contributed by atoms with E-state index in [1.807, 2.05) is 30.2 Å². The van der Waals surface area contributed by atoms with Crippen LogP contribution < -0.4 is 4.74 Å². The van der Waals surface area contributed by atoms with E-state index in [4.69, 9.17) is 27.9 Å². The standard InChI is InChI=1S/C26H26Cl2N2O3S/c1-16(2)30(26(32)17-5-4-6-19(13-17)33-3)15-24(31)29-11-9-23-21(10-12-34-23)25(29)20-8-7-18(27)14-22(20)28/h4-8,10,12-14,16,25H,9,11,15H2,1-3H3. The Balaban J connectivity index is 1.65. The van der Waals surface area contributed by atoms with Crippen LogP contribution in [0.1, 0.15) is 46.3 Å². The van der Waals surface area contributed by atoms with E-state index in [0.717, 1.165) is 17.5 Å². The minimum atomic E-state index is -0.326. The number of fused-ring (bicyclic) bond motifs is 1. The second kappa shape index (κ2) is 10.4. The molecule has 3 aromatic rings. The van der Waals surface area contributed by atoms with Crippen LogP contribution in [-0.4, -0.2) is 47.9 Å². The highest BCUT2D eigenvalue weighted by Gasteiger charge is 2.35. The summed E-state index contributed by atoms with van der Waals surface area (Å²) in [6.45, 7) is 4.34. The molecule has 1 aliphatic heterocycles. The molecular weight excluding hydrogens is 491 g/mol. The van der Waals surface area contributed by atoms with Crippen molar-refractivity contribution in [3.8, 4) is 5.75 Å². The predicted molar refractivity (Wildman–Crippen MR) is 137 cm³/mol. The van der Waals surface area contributed by atoms with Crippen LogP contribution in [0, 0.1) is 0 Å². The average Bonchev–Trinajstić information content (AvgIpc) is 3.30. The zero-order valence-corrected chi connectivity index (χ0v) is 21.6. The fourth-order valence-corrected chi connectivity index (χ4v) is 5.71. The maximum Gasteiger partial charge on any atom is 0.254 e. The summed E-state index contributed by atoms with van der Waals surface area (Å²) in [5.74, 6) is 0.258. The van der Waals surface area contributed by atoms with Gasteiger partial charge in [0, 0.05) is 33.1 Å². The lowest BCUT2D eigenvalue weighted by atomic mass is 9.93. The maximum atomic E-state index is 13.7. The Labute approximate surface area is 213 Å². The fourth-order valence-electron chi connectivity index (χ4n) is 4.29. The molecule has 178 valence electrons. The zero-order chi connectivity index (χ0) is 24.4. The van der Waals surface area contributed by atoms with E-state index in [9.17, 15) is 9.59 Å². The molecule has 8 heteroatoms. The molecule has 0 radical (unpaired) electrons. The smallest absolute Gasteiger partial charge is 0.254 e. The average molecular weight is 517 g/mol. The Morgan fingerprint density at radius 1 is 1.15 bits per heavy atom. The largest absolute Gasteiger partial charge is 0.497 e. The number of hydrogen-bond donors (Lipinski definition) is 0. The van der Waals surface area contributed by atoms with Gasteiger partial charge in [-0.2, -0.15) is 0 Å². The number of thiophene rings is 1. The van der Waals surface area contributed by atoms with E-state index in [1.54, 1.807) is 59.7 Å². The van der Waals surface area contributed by atoms with Crippen LogP contribution in [0.15, 0.2) is 53.9 Å². The van der Waals surface area contributed by atoms with Crippen molar-refractivity contribution in [2.45, 2.75) is 32.4 Å². The second-order valence-corrected chi connectivity index (χ2v) is 10.3. The molecule has 0 spiro atoms. The van der Waals surface area contributed by atoms with Gasteiger partial charge in [-0.15, -0.1) is 11.3 Å². The molecular formula is C26H26Cl2N2O3S. The third kappa shape index (κ3) is 4.95. The Morgan fingerprint density at radius 3 is 2.65 bits per heavy atom. The third-order valence-corrected chi connectivity index (χ3v) is 7.61. The molecule has 2 heterocycles. The third-order valence-electron chi connectivity index (χ3n) is 6.05. The van der Waals surface area contributed by atoms with Crippen molar-refractivity contribution in [3.63, 3.8) is 0 Å². The molecule has 1 atom stereocenters. The summed E-state index contributed by atoms with van der Waals surface area (Å²) >= 11 is 14.4. The van der Waals surface area contributed by atoms with Crippen molar-refractivity contribution in [1.82, 2.24) is 9.80 Å². The minimum absolute atomic E-state index is 0.0328. The van der Waals surface area contributed by atoms with Crippen molar-refractivity contribution in [3.05, 3.63) is 85.5 Å². The molecule has 1 aliphatic rings. The molecule has 1 aromatic heterocycles. The lowest BCUT2D eigenvalue weighted by Gasteiger charge is -2.38. The van der Waals surface area contributed by atoms with E-state index >= 15 is 0 Å². The summed E-state index contributed by atoms with van der Waals surface area (Å²) in [6.07, 6.45) is 0.770. The predicted octanol–water partition coefficient (Wildman–Crippen LogP) is 6.09. The zero-order valence-electron chi connectivity index (χ0n) is 19.3. The molecule has 0 fully saturated rings.